The van der Waals surface area contributed by atoms with Crippen LogP contribution < -0.4 is 0 Å². The molecule has 0 spiro atoms. The van der Waals surface area contributed by atoms with Crippen LogP contribution in [0.3, 0.4) is 0 Å². The number of aliphatic hydroxyl groups is 1. The molecule has 0 fully saturated rings. The van der Waals surface area contributed by atoms with E-state index < -0.39 is 35.1 Å². The highest BCUT2D eigenvalue weighted by Gasteiger charge is 2.34. The summed E-state index contributed by atoms with van der Waals surface area (Å²) in [6.07, 6.45) is 2.22. The zero-order valence-electron chi connectivity index (χ0n) is 23.7. The highest BCUT2D eigenvalue weighted by atomic mass is 32.2. The molecule has 1 aliphatic heterocycles. The lowest BCUT2D eigenvalue weighted by Gasteiger charge is -2.32. The summed E-state index contributed by atoms with van der Waals surface area (Å²) >= 11 is 1.57. The van der Waals surface area contributed by atoms with Crippen LogP contribution in [0.4, 0.5) is 13.2 Å². The van der Waals surface area contributed by atoms with Gasteiger partial charge in [-0.15, -0.1) is 11.8 Å². The Hall–Kier alpha value is -3.92. The first-order valence-electron chi connectivity index (χ1n) is 13.8. The van der Waals surface area contributed by atoms with Crippen molar-refractivity contribution in [1.82, 2.24) is 9.88 Å². The predicted molar refractivity (Wildman–Crippen MR) is 161 cm³/mol. The van der Waals surface area contributed by atoms with E-state index in [1.165, 1.54) is 18.2 Å². The minimum Gasteiger partial charge on any atom is -0.384 e. The molecule has 5 rings (SSSR count). The normalized spacial score (nSPS) is 15.4. The molecule has 4 aromatic rings. The Morgan fingerprint density at radius 2 is 1.70 bits per heavy atom. The van der Waals surface area contributed by atoms with Crippen molar-refractivity contribution in [2.75, 3.05) is 5.75 Å². The van der Waals surface area contributed by atoms with Crippen LogP contribution in [0, 0.1) is 17.5 Å². The van der Waals surface area contributed by atoms with Gasteiger partial charge >= 0.3 is 0 Å². The van der Waals surface area contributed by atoms with Gasteiger partial charge in [0.05, 0.1) is 18.3 Å². The summed E-state index contributed by atoms with van der Waals surface area (Å²) < 4.78 is 49.4. The van der Waals surface area contributed by atoms with Gasteiger partial charge in [-0.2, -0.15) is 0 Å². The molecule has 1 N–H and O–H groups in total. The Balaban J connectivity index is 1.51. The van der Waals surface area contributed by atoms with E-state index in [9.17, 15) is 18.7 Å². The van der Waals surface area contributed by atoms with Crippen LogP contribution in [0.5, 0.6) is 0 Å². The number of thioether (sulfide) groups is 1. The third-order valence-corrected chi connectivity index (χ3v) is 8.05. The molecule has 2 atom stereocenters. The van der Waals surface area contributed by atoms with E-state index in [1.807, 2.05) is 41.8 Å². The van der Waals surface area contributed by atoms with Crippen LogP contribution in [0.1, 0.15) is 42.3 Å². The molecule has 2 heterocycles. The second kappa shape index (κ2) is 13.2. The third-order valence-electron chi connectivity index (χ3n) is 7.17. The van der Waals surface area contributed by atoms with Crippen LogP contribution in [0.15, 0.2) is 96.5 Å². The lowest BCUT2D eigenvalue weighted by atomic mass is 9.99. The first-order valence-corrected chi connectivity index (χ1v) is 14.8. The standard InChI is InChI=1S/C34H31F3N2O3S/c1-34(2,41)31-16-23(12-14-38-31)19-39(26-13-15-43-21-26)33(40)32(42-20-22-6-4-3-5-7-22)27-10-8-24(17-29(27)36)25-9-11-28(35)30(37)18-25/h3-18,26,32,41H,19-21H2,1-2H3. The number of ether oxygens (including phenoxy) is 1. The van der Waals surface area contributed by atoms with Crippen molar-refractivity contribution in [3.63, 3.8) is 0 Å². The topological polar surface area (TPSA) is 62.7 Å². The maximum Gasteiger partial charge on any atom is 0.257 e. The highest BCUT2D eigenvalue weighted by molar-refractivity contribution is 8.02. The SMILES string of the molecule is CC(C)(O)c1cc(CN(C(=O)C(OCc2ccccc2)c2ccc(-c3ccc(F)c(F)c3)cc2F)C2C=CSC2)ccn1. The maximum atomic E-state index is 15.8. The third kappa shape index (κ3) is 7.36. The van der Waals surface area contributed by atoms with Crippen LogP contribution in [-0.2, 0) is 28.3 Å². The van der Waals surface area contributed by atoms with Gasteiger partial charge in [-0.3, -0.25) is 9.78 Å². The molecule has 1 aromatic heterocycles. The summed E-state index contributed by atoms with van der Waals surface area (Å²) in [5.41, 5.74) is 1.51. The number of rotatable bonds is 10. The van der Waals surface area contributed by atoms with Gasteiger partial charge in [0.15, 0.2) is 17.7 Å². The molecule has 0 radical (unpaired) electrons. The van der Waals surface area contributed by atoms with Crippen LogP contribution in [0.25, 0.3) is 11.1 Å². The maximum absolute atomic E-state index is 15.8. The largest absolute Gasteiger partial charge is 0.384 e. The summed E-state index contributed by atoms with van der Waals surface area (Å²) in [6.45, 7) is 3.51. The van der Waals surface area contributed by atoms with E-state index in [0.29, 0.717) is 22.6 Å². The zero-order chi connectivity index (χ0) is 30.6. The van der Waals surface area contributed by atoms with Gasteiger partial charge < -0.3 is 14.7 Å². The number of hydrogen-bond donors (Lipinski definition) is 1. The lowest BCUT2D eigenvalue weighted by Crippen LogP contribution is -2.43. The monoisotopic (exact) mass is 604 g/mol. The van der Waals surface area contributed by atoms with Gasteiger partial charge in [0.25, 0.3) is 5.91 Å². The Labute approximate surface area is 253 Å². The first kappa shape index (κ1) is 30.5. The summed E-state index contributed by atoms with van der Waals surface area (Å²) in [7, 11) is 0. The second-order valence-corrected chi connectivity index (χ2v) is 11.8. The minimum absolute atomic E-state index is 0.0267. The number of halogens is 3. The fourth-order valence-electron chi connectivity index (χ4n) is 4.81. The smallest absolute Gasteiger partial charge is 0.257 e. The minimum atomic E-state index is -1.30. The molecule has 0 bridgehead atoms. The Morgan fingerprint density at radius 3 is 2.35 bits per heavy atom. The Morgan fingerprint density at radius 1 is 0.977 bits per heavy atom. The van der Waals surface area contributed by atoms with Gasteiger partial charge in [-0.1, -0.05) is 54.6 Å². The van der Waals surface area contributed by atoms with E-state index in [2.05, 4.69) is 4.98 Å². The average molecular weight is 605 g/mol. The summed E-state index contributed by atoms with van der Waals surface area (Å²) in [4.78, 5) is 20.3. The van der Waals surface area contributed by atoms with Gasteiger partial charge in [0.1, 0.15) is 11.4 Å². The summed E-state index contributed by atoms with van der Waals surface area (Å²) in [5.74, 6) is -2.56. The molecule has 1 aliphatic rings. The molecule has 9 heteroatoms. The van der Waals surface area contributed by atoms with E-state index in [0.717, 1.165) is 23.3 Å². The van der Waals surface area contributed by atoms with E-state index >= 15 is 4.39 Å². The molecule has 0 saturated heterocycles. The number of hydrogen-bond acceptors (Lipinski definition) is 5. The van der Waals surface area contributed by atoms with E-state index in [4.69, 9.17) is 4.74 Å². The van der Waals surface area contributed by atoms with E-state index in [1.54, 1.807) is 54.9 Å². The highest BCUT2D eigenvalue weighted by Crippen LogP contribution is 2.32. The first-order chi connectivity index (χ1) is 20.6. The molecule has 2 unspecified atom stereocenters. The summed E-state index contributed by atoms with van der Waals surface area (Å²) in [5, 5.41) is 12.4. The van der Waals surface area contributed by atoms with Crippen molar-refractivity contribution in [3.05, 3.63) is 136 Å². The molecule has 5 nitrogen and oxygen atoms in total. The number of aromatic nitrogens is 1. The molecular weight excluding hydrogens is 573 g/mol. The quantitative estimate of drug-likeness (QED) is 0.206. The Bertz CT molecular complexity index is 1630. The van der Waals surface area contributed by atoms with Gasteiger partial charge in [-0.25, -0.2) is 13.2 Å². The lowest BCUT2D eigenvalue weighted by molar-refractivity contribution is -0.147. The summed E-state index contributed by atoms with van der Waals surface area (Å²) in [6, 6.07) is 20.1. The van der Waals surface area contributed by atoms with Crippen molar-refractivity contribution in [1.29, 1.82) is 0 Å². The number of carbonyl (C=O) groups is 1. The van der Waals surface area contributed by atoms with E-state index in [-0.39, 0.29) is 24.8 Å². The zero-order valence-corrected chi connectivity index (χ0v) is 24.5. The van der Waals surface area contributed by atoms with Crippen molar-refractivity contribution in [3.8, 4) is 11.1 Å². The van der Waals surface area contributed by atoms with Crippen molar-refractivity contribution in [2.45, 2.75) is 44.7 Å². The predicted octanol–water partition coefficient (Wildman–Crippen LogP) is 7.31. The Kier molecular flexibility index (Phi) is 9.34. The van der Waals surface area contributed by atoms with Gasteiger partial charge in [-0.05, 0) is 71.8 Å². The number of benzene rings is 3. The van der Waals surface area contributed by atoms with Crippen molar-refractivity contribution in [2.24, 2.45) is 0 Å². The molecule has 43 heavy (non-hydrogen) atoms. The number of pyridine rings is 1. The number of amides is 1. The van der Waals surface area contributed by atoms with Crippen LogP contribution >= 0.6 is 11.8 Å². The van der Waals surface area contributed by atoms with Crippen LogP contribution in [0.2, 0.25) is 0 Å². The molecule has 0 saturated carbocycles. The molecular formula is C34H31F3N2O3S. The fourth-order valence-corrected chi connectivity index (χ4v) is 5.70. The van der Waals surface area contributed by atoms with Crippen molar-refractivity contribution < 1.29 is 27.8 Å². The molecule has 222 valence electrons. The average Bonchev–Trinajstić information content (AvgIpc) is 3.53. The number of nitrogens with zero attached hydrogens (tertiary/aromatic N) is 2. The van der Waals surface area contributed by atoms with Crippen molar-refractivity contribution >= 4 is 17.7 Å². The fraction of sp³-hybridized carbons (Fsp3) is 0.235. The van der Waals surface area contributed by atoms with Crippen LogP contribution in [-0.4, -0.2) is 32.7 Å². The molecule has 1 amide bonds. The second-order valence-electron chi connectivity index (χ2n) is 10.8. The van der Waals surface area contributed by atoms with Gasteiger partial charge in [0, 0.05) is 24.1 Å². The molecule has 0 aliphatic carbocycles. The molecule has 3 aromatic carbocycles. The number of carbonyl (C=O) groups excluding carboxylic acids is 1. The van der Waals surface area contributed by atoms with Gasteiger partial charge in [0.2, 0.25) is 0 Å².